The van der Waals surface area contributed by atoms with Gasteiger partial charge in [-0.1, -0.05) is 30.3 Å². The van der Waals surface area contributed by atoms with Crippen molar-refractivity contribution < 1.29 is 4.79 Å². The molecule has 1 aromatic carbocycles. The largest absolute Gasteiger partial charge is 0.354 e. The van der Waals surface area contributed by atoms with Crippen LogP contribution in [0, 0.1) is 0 Å². The molecule has 7 nitrogen and oxygen atoms in total. The van der Waals surface area contributed by atoms with E-state index in [0.29, 0.717) is 19.5 Å². The molecule has 3 N–H and O–H groups in total. The van der Waals surface area contributed by atoms with Crippen molar-refractivity contribution in [2.24, 2.45) is 5.73 Å². The van der Waals surface area contributed by atoms with Crippen LogP contribution in [0.4, 0.5) is 0 Å². The molecule has 1 heterocycles. The van der Waals surface area contributed by atoms with Gasteiger partial charge in [0.05, 0.1) is 6.54 Å². The van der Waals surface area contributed by atoms with Crippen LogP contribution in [0.15, 0.2) is 52.2 Å². The summed E-state index contributed by atoms with van der Waals surface area (Å²) in [7, 11) is 0. The van der Waals surface area contributed by atoms with Gasteiger partial charge in [-0.25, -0.2) is 4.79 Å². The Labute approximate surface area is 151 Å². The van der Waals surface area contributed by atoms with E-state index >= 15 is 0 Å². The van der Waals surface area contributed by atoms with Gasteiger partial charge in [0.15, 0.2) is 0 Å². The van der Waals surface area contributed by atoms with Crippen molar-refractivity contribution >= 4 is 18.3 Å². The Morgan fingerprint density at radius 2 is 1.88 bits per heavy atom. The summed E-state index contributed by atoms with van der Waals surface area (Å²) in [5.41, 5.74) is 5.55. The van der Waals surface area contributed by atoms with E-state index in [4.69, 9.17) is 5.73 Å². The SMILES string of the molecule is CC(N)CCNC(=O)Cn1c(=O)ccn(Cc2ccccc2)c1=O.Cl. The van der Waals surface area contributed by atoms with Crippen LogP contribution in [0.3, 0.4) is 0 Å². The number of amides is 1. The van der Waals surface area contributed by atoms with Gasteiger partial charge in [-0.15, -0.1) is 12.4 Å². The summed E-state index contributed by atoms with van der Waals surface area (Å²) in [6.07, 6.45) is 2.08. The molecular weight excluding hydrogens is 344 g/mol. The van der Waals surface area contributed by atoms with Gasteiger partial charge < -0.3 is 11.1 Å². The lowest BCUT2D eigenvalue weighted by Gasteiger charge is -2.11. The van der Waals surface area contributed by atoms with Crippen molar-refractivity contribution in [3.8, 4) is 0 Å². The molecular formula is C17H23ClN4O3. The molecule has 1 amide bonds. The molecule has 2 aromatic rings. The van der Waals surface area contributed by atoms with E-state index in [-0.39, 0.29) is 30.9 Å². The molecule has 25 heavy (non-hydrogen) atoms. The first kappa shape index (κ1) is 20.7. The van der Waals surface area contributed by atoms with Crippen molar-refractivity contribution in [1.29, 1.82) is 0 Å². The molecule has 1 atom stereocenters. The van der Waals surface area contributed by atoms with Crippen LogP contribution < -0.4 is 22.3 Å². The molecule has 0 aliphatic carbocycles. The lowest BCUT2D eigenvalue weighted by atomic mass is 10.2. The minimum absolute atomic E-state index is 0. The molecule has 0 radical (unpaired) electrons. The molecule has 2 rings (SSSR count). The van der Waals surface area contributed by atoms with Crippen molar-refractivity contribution in [2.75, 3.05) is 6.54 Å². The van der Waals surface area contributed by atoms with E-state index in [1.165, 1.54) is 16.8 Å². The Balaban J connectivity index is 0.00000312. The lowest BCUT2D eigenvalue weighted by Crippen LogP contribution is -2.43. The number of benzene rings is 1. The molecule has 0 bridgehead atoms. The van der Waals surface area contributed by atoms with Gasteiger partial charge in [0.1, 0.15) is 6.54 Å². The Kier molecular flexibility index (Phi) is 8.10. The Bertz CT molecular complexity index is 800. The maximum absolute atomic E-state index is 12.4. The van der Waals surface area contributed by atoms with Crippen LogP contribution in [0.5, 0.6) is 0 Å². The zero-order valence-corrected chi connectivity index (χ0v) is 14.9. The van der Waals surface area contributed by atoms with E-state index in [0.717, 1.165) is 10.1 Å². The highest BCUT2D eigenvalue weighted by atomic mass is 35.5. The number of hydrogen-bond acceptors (Lipinski definition) is 4. The van der Waals surface area contributed by atoms with Gasteiger partial charge in [0.2, 0.25) is 5.91 Å². The summed E-state index contributed by atoms with van der Waals surface area (Å²) in [5.74, 6) is -0.382. The Morgan fingerprint density at radius 1 is 1.20 bits per heavy atom. The molecule has 8 heteroatoms. The Hall–Kier alpha value is -2.38. The highest BCUT2D eigenvalue weighted by Crippen LogP contribution is 1.99. The molecule has 136 valence electrons. The number of nitrogens with zero attached hydrogens (tertiary/aromatic N) is 2. The second-order valence-corrected chi connectivity index (χ2v) is 5.75. The zero-order valence-electron chi connectivity index (χ0n) is 14.1. The number of hydrogen-bond donors (Lipinski definition) is 2. The van der Waals surface area contributed by atoms with Gasteiger partial charge in [-0.3, -0.25) is 18.7 Å². The molecule has 0 aliphatic heterocycles. The number of nitrogens with one attached hydrogen (secondary N) is 1. The number of aromatic nitrogens is 2. The van der Waals surface area contributed by atoms with E-state index in [1.807, 2.05) is 37.3 Å². The maximum Gasteiger partial charge on any atom is 0.331 e. The van der Waals surface area contributed by atoms with Gasteiger partial charge in [-0.2, -0.15) is 0 Å². The topological polar surface area (TPSA) is 99.1 Å². The average molecular weight is 367 g/mol. The van der Waals surface area contributed by atoms with Crippen LogP contribution in [-0.4, -0.2) is 27.6 Å². The first-order chi connectivity index (χ1) is 11.5. The minimum Gasteiger partial charge on any atom is -0.354 e. The summed E-state index contributed by atoms with van der Waals surface area (Å²) in [6, 6.07) is 10.7. The van der Waals surface area contributed by atoms with E-state index in [2.05, 4.69) is 5.32 Å². The third-order valence-electron chi connectivity index (χ3n) is 3.56. The number of nitrogens with two attached hydrogens (primary N) is 1. The maximum atomic E-state index is 12.4. The first-order valence-electron chi connectivity index (χ1n) is 7.84. The fraction of sp³-hybridized carbons (Fsp3) is 0.353. The predicted molar refractivity (Wildman–Crippen MR) is 99.0 cm³/mol. The van der Waals surface area contributed by atoms with Crippen molar-refractivity contribution in [1.82, 2.24) is 14.5 Å². The standard InChI is InChI=1S/C17H22N4O3.ClH/c1-13(18)7-9-19-15(22)12-21-16(23)8-10-20(17(21)24)11-14-5-3-2-4-6-14;/h2-6,8,10,13H,7,9,11-12,18H2,1H3,(H,19,22);1H. The molecule has 1 unspecified atom stereocenters. The smallest absolute Gasteiger partial charge is 0.331 e. The van der Waals surface area contributed by atoms with E-state index in [9.17, 15) is 14.4 Å². The molecule has 0 spiro atoms. The number of halogens is 1. The summed E-state index contributed by atoms with van der Waals surface area (Å²) in [4.78, 5) is 36.3. The van der Waals surface area contributed by atoms with Crippen LogP contribution in [-0.2, 0) is 17.9 Å². The van der Waals surface area contributed by atoms with Gasteiger partial charge in [0, 0.05) is 24.8 Å². The molecule has 0 saturated carbocycles. The van der Waals surface area contributed by atoms with Crippen LogP contribution in [0.2, 0.25) is 0 Å². The zero-order chi connectivity index (χ0) is 17.5. The number of rotatable bonds is 7. The molecule has 1 aromatic heterocycles. The van der Waals surface area contributed by atoms with Gasteiger partial charge >= 0.3 is 5.69 Å². The monoisotopic (exact) mass is 366 g/mol. The predicted octanol–water partition coefficient (Wildman–Crippen LogP) is 0.334. The third-order valence-corrected chi connectivity index (χ3v) is 3.56. The summed E-state index contributed by atoms with van der Waals surface area (Å²) in [6.45, 7) is 2.30. The highest BCUT2D eigenvalue weighted by molar-refractivity contribution is 5.85. The number of carbonyl (C=O) groups excluding carboxylic acids is 1. The lowest BCUT2D eigenvalue weighted by molar-refractivity contribution is -0.121. The Morgan fingerprint density at radius 3 is 2.52 bits per heavy atom. The first-order valence-corrected chi connectivity index (χ1v) is 7.84. The highest BCUT2D eigenvalue weighted by Gasteiger charge is 2.10. The summed E-state index contributed by atoms with van der Waals surface area (Å²) in [5, 5.41) is 2.66. The van der Waals surface area contributed by atoms with E-state index < -0.39 is 11.2 Å². The summed E-state index contributed by atoms with van der Waals surface area (Å²) >= 11 is 0. The van der Waals surface area contributed by atoms with E-state index in [1.54, 1.807) is 0 Å². The van der Waals surface area contributed by atoms with Gasteiger partial charge in [0.25, 0.3) is 5.56 Å². The van der Waals surface area contributed by atoms with Crippen LogP contribution >= 0.6 is 12.4 Å². The molecule has 0 fully saturated rings. The second kappa shape index (κ2) is 9.80. The van der Waals surface area contributed by atoms with Crippen molar-refractivity contribution in [2.45, 2.75) is 32.5 Å². The quantitative estimate of drug-likeness (QED) is 0.737. The third kappa shape index (κ3) is 6.21. The minimum atomic E-state index is -0.506. The number of carbonyl (C=O) groups is 1. The molecule has 0 saturated heterocycles. The molecule has 0 aliphatic rings. The van der Waals surface area contributed by atoms with Crippen LogP contribution in [0.25, 0.3) is 0 Å². The van der Waals surface area contributed by atoms with Crippen molar-refractivity contribution in [3.63, 3.8) is 0 Å². The summed E-state index contributed by atoms with van der Waals surface area (Å²) < 4.78 is 2.34. The fourth-order valence-electron chi connectivity index (χ4n) is 2.24. The average Bonchev–Trinajstić information content (AvgIpc) is 2.55. The second-order valence-electron chi connectivity index (χ2n) is 5.75. The van der Waals surface area contributed by atoms with Crippen LogP contribution in [0.1, 0.15) is 18.9 Å². The van der Waals surface area contributed by atoms with Gasteiger partial charge in [-0.05, 0) is 18.9 Å². The van der Waals surface area contributed by atoms with Crippen molar-refractivity contribution in [3.05, 3.63) is 69.0 Å². The fourth-order valence-corrected chi connectivity index (χ4v) is 2.24. The normalized spacial score (nSPS) is 11.4.